The minimum absolute atomic E-state index is 0.151. The van der Waals surface area contributed by atoms with Gasteiger partial charge in [0, 0.05) is 6.42 Å². The van der Waals surface area contributed by atoms with Crippen LogP contribution in [-0.4, -0.2) is 5.78 Å². The van der Waals surface area contributed by atoms with Crippen LogP contribution in [0.5, 0.6) is 0 Å². The molecule has 0 aliphatic heterocycles. The molecule has 0 radical (unpaired) electrons. The highest BCUT2D eigenvalue weighted by Gasteiger charge is 2.32. The summed E-state index contributed by atoms with van der Waals surface area (Å²) >= 11 is 0. The molecule has 0 spiro atoms. The Morgan fingerprint density at radius 3 is 2.42 bits per heavy atom. The third-order valence-electron chi connectivity index (χ3n) is 2.64. The van der Waals surface area contributed by atoms with Crippen LogP contribution >= 0.6 is 0 Å². The summed E-state index contributed by atoms with van der Waals surface area (Å²) in [5, 5.41) is 8.99. The summed E-state index contributed by atoms with van der Waals surface area (Å²) in [5.41, 5.74) is -0.302. The maximum absolute atomic E-state index is 10.9. The number of carbonyl (C=O) groups is 1. The molecule has 2 nitrogen and oxygen atoms in total. The molecule has 2 heteroatoms. The maximum atomic E-state index is 10.9. The molecule has 66 valence electrons. The van der Waals surface area contributed by atoms with Gasteiger partial charge in [0.25, 0.3) is 0 Å². The van der Waals surface area contributed by atoms with Gasteiger partial charge in [-0.2, -0.15) is 5.26 Å². The van der Waals surface area contributed by atoms with Gasteiger partial charge in [-0.15, -0.1) is 0 Å². The predicted octanol–water partition coefficient (Wildman–Crippen LogP) is 2.44. The van der Waals surface area contributed by atoms with Crippen LogP contribution in [0.3, 0.4) is 0 Å². The molecule has 0 bridgehead atoms. The summed E-state index contributed by atoms with van der Waals surface area (Å²) in [6.45, 7) is 1.58. The first-order valence-electron chi connectivity index (χ1n) is 4.59. The molecular formula is C10H15NO. The van der Waals surface area contributed by atoms with Crippen molar-refractivity contribution in [3.05, 3.63) is 0 Å². The first-order chi connectivity index (χ1) is 5.68. The average molecular weight is 165 g/mol. The van der Waals surface area contributed by atoms with Crippen molar-refractivity contribution in [2.24, 2.45) is 5.41 Å². The van der Waals surface area contributed by atoms with Crippen molar-refractivity contribution in [3.63, 3.8) is 0 Å². The molecule has 0 aromatic carbocycles. The third-order valence-corrected chi connectivity index (χ3v) is 2.64. The molecule has 1 saturated carbocycles. The molecule has 0 saturated heterocycles. The average Bonchev–Trinajstić information content (AvgIpc) is 2.05. The molecule has 1 fully saturated rings. The Morgan fingerprint density at radius 2 is 2.00 bits per heavy atom. The van der Waals surface area contributed by atoms with Crippen molar-refractivity contribution in [3.8, 4) is 6.07 Å². The van der Waals surface area contributed by atoms with E-state index in [4.69, 9.17) is 5.26 Å². The van der Waals surface area contributed by atoms with Crippen LogP contribution in [0.4, 0.5) is 0 Å². The van der Waals surface area contributed by atoms with Gasteiger partial charge in [-0.1, -0.05) is 19.3 Å². The van der Waals surface area contributed by atoms with Gasteiger partial charge in [-0.25, -0.2) is 0 Å². The van der Waals surface area contributed by atoms with Crippen molar-refractivity contribution >= 4 is 5.78 Å². The summed E-state index contributed by atoms with van der Waals surface area (Å²) in [4.78, 5) is 10.9. The molecule has 0 amide bonds. The van der Waals surface area contributed by atoms with Gasteiger partial charge in [-0.05, 0) is 19.8 Å². The van der Waals surface area contributed by atoms with Crippen molar-refractivity contribution in [2.75, 3.05) is 0 Å². The van der Waals surface area contributed by atoms with Gasteiger partial charge >= 0.3 is 0 Å². The quantitative estimate of drug-likeness (QED) is 0.630. The van der Waals surface area contributed by atoms with E-state index in [1.54, 1.807) is 6.92 Å². The third kappa shape index (κ3) is 2.07. The van der Waals surface area contributed by atoms with Crippen LogP contribution in [0.2, 0.25) is 0 Å². The number of nitriles is 1. The molecule has 0 heterocycles. The Hall–Kier alpha value is -0.840. The van der Waals surface area contributed by atoms with Crippen LogP contribution in [0.25, 0.3) is 0 Å². The van der Waals surface area contributed by atoms with Gasteiger partial charge in [-0.3, -0.25) is 4.79 Å². The van der Waals surface area contributed by atoms with E-state index in [2.05, 4.69) is 6.07 Å². The number of ketones is 1. The van der Waals surface area contributed by atoms with Crippen LogP contribution in [-0.2, 0) is 4.79 Å². The Balaban J connectivity index is 2.61. The van der Waals surface area contributed by atoms with E-state index in [9.17, 15) is 4.79 Å². The zero-order valence-corrected chi connectivity index (χ0v) is 7.60. The van der Waals surface area contributed by atoms with E-state index in [1.807, 2.05) is 0 Å². The SMILES string of the molecule is CC(=O)CC1(C#N)CCCCC1. The highest BCUT2D eigenvalue weighted by atomic mass is 16.1. The molecular weight excluding hydrogens is 150 g/mol. The second kappa shape index (κ2) is 3.71. The smallest absolute Gasteiger partial charge is 0.131 e. The van der Waals surface area contributed by atoms with Crippen molar-refractivity contribution in [1.29, 1.82) is 5.26 Å². The molecule has 12 heavy (non-hydrogen) atoms. The van der Waals surface area contributed by atoms with Crippen LogP contribution < -0.4 is 0 Å². The van der Waals surface area contributed by atoms with Gasteiger partial charge in [0.1, 0.15) is 5.78 Å². The first kappa shape index (κ1) is 9.25. The van der Waals surface area contributed by atoms with Crippen LogP contribution in [0.15, 0.2) is 0 Å². The maximum Gasteiger partial charge on any atom is 0.131 e. The van der Waals surface area contributed by atoms with Gasteiger partial charge < -0.3 is 0 Å². The second-order valence-electron chi connectivity index (χ2n) is 3.83. The normalized spacial score (nSPS) is 21.3. The van der Waals surface area contributed by atoms with Gasteiger partial charge in [0.05, 0.1) is 11.5 Å². The van der Waals surface area contributed by atoms with Gasteiger partial charge in [0.2, 0.25) is 0 Å². The van der Waals surface area contributed by atoms with E-state index in [-0.39, 0.29) is 11.2 Å². The van der Waals surface area contributed by atoms with E-state index < -0.39 is 0 Å². The molecule has 0 atom stereocenters. The first-order valence-corrected chi connectivity index (χ1v) is 4.59. The predicted molar refractivity (Wildman–Crippen MR) is 46.4 cm³/mol. The fraction of sp³-hybridized carbons (Fsp3) is 0.800. The Labute approximate surface area is 73.6 Å². The van der Waals surface area contributed by atoms with E-state index in [0.717, 1.165) is 25.7 Å². The number of nitrogens with zero attached hydrogens (tertiary/aromatic N) is 1. The zero-order valence-electron chi connectivity index (χ0n) is 7.60. The van der Waals surface area contributed by atoms with Crippen LogP contribution in [0, 0.1) is 16.7 Å². The summed E-state index contributed by atoms with van der Waals surface area (Å²) in [6, 6.07) is 2.33. The lowest BCUT2D eigenvalue weighted by Crippen LogP contribution is -2.24. The zero-order chi connectivity index (χ0) is 9.03. The van der Waals surface area contributed by atoms with Crippen molar-refractivity contribution in [1.82, 2.24) is 0 Å². The highest BCUT2D eigenvalue weighted by Crippen LogP contribution is 2.38. The van der Waals surface area contributed by atoms with Crippen molar-refractivity contribution in [2.45, 2.75) is 45.4 Å². The minimum atomic E-state index is -0.302. The molecule has 0 unspecified atom stereocenters. The topological polar surface area (TPSA) is 40.9 Å². The fourth-order valence-corrected chi connectivity index (χ4v) is 2.03. The summed E-state index contributed by atoms with van der Waals surface area (Å²) < 4.78 is 0. The number of hydrogen-bond acceptors (Lipinski definition) is 2. The Morgan fingerprint density at radius 1 is 1.42 bits per heavy atom. The molecule has 1 aliphatic rings. The lowest BCUT2D eigenvalue weighted by Gasteiger charge is -2.29. The molecule has 0 aromatic rings. The number of hydrogen-bond donors (Lipinski definition) is 0. The summed E-state index contributed by atoms with van der Waals surface area (Å²) in [6.07, 6.45) is 5.75. The number of carbonyl (C=O) groups excluding carboxylic acids is 1. The number of rotatable bonds is 2. The summed E-state index contributed by atoms with van der Waals surface area (Å²) in [7, 11) is 0. The minimum Gasteiger partial charge on any atom is -0.300 e. The number of Topliss-reactive ketones (excluding diaryl/α,β-unsaturated/α-hetero) is 1. The van der Waals surface area contributed by atoms with Crippen LogP contribution in [0.1, 0.15) is 45.4 Å². The Bertz CT molecular complexity index is 208. The van der Waals surface area contributed by atoms with Gasteiger partial charge in [0.15, 0.2) is 0 Å². The lowest BCUT2D eigenvalue weighted by atomic mass is 9.72. The summed E-state index contributed by atoms with van der Waals surface area (Å²) in [5.74, 6) is 0.151. The van der Waals surface area contributed by atoms with E-state index >= 15 is 0 Å². The standard InChI is InChI=1S/C10H15NO/c1-9(12)7-10(8-11)5-3-2-4-6-10/h2-7H2,1H3. The molecule has 1 rings (SSSR count). The molecule has 1 aliphatic carbocycles. The highest BCUT2D eigenvalue weighted by molar-refractivity contribution is 5.76. The lowest BCUT2D eigenvalue weighted by molar-refractivity contribution is -0.118. The van der Waals surface area contributed by atoms with Crippen molar-refractivity contribution < 1.29 is 4.79 Å². The molecule has 0 aromatic heterocycles. The second-order valence-corrected chi connectivity index (χ2v) is 3.83. The van der Waals surface area contributed by atoms with E-state index in [0.29, 0.717) is 6.42 Å². The Kier molecular flexibility index (Phi) is 2.86. The van der Waals surface area contributed by atoms with E-state index in [1.165, 1.54) is 6.42 Å². The molecule has 0 N–H and O–H groups in total. The largest absolute Gasteiger partial charge is 0.300 e. The monoisotopic (exact) mass is 165 g/mol. The fourth-order valence-electron chi connectivity index (χ4n) is 2.03.